The monoisotopic (exact) mass is 292 g/mol. The van der Waals surface area contributed by atoms with Crippen LogP contribution in [0.2, 0.25) is 0 Å². The molecule has 20 heavy (non-hydrogen) atoms. The van der Waals surface area contributed by atoms with Crippen LogP contribution in [0.3, 0.4) is 0 Å². The van der Waals surface area contributed by atoms with E-state index in [0.717, 1.165) is 29.7 Å². The van der Waals surface area contributed by atoms with Crippen LogP contribution in [-0.2, 0) is 0 Å². The van der Waals surface area contributed by atoms with Gasteiger partial charge in [-0.1, -0.05) is 18.1 Å². The summed E-state index contributed by atoms with van der Waals surface area (Å²) in [7, 11) is 1.85. The van der Waals surface area contributed by atoms with E-state index in [2.05, 4.69) is 16.9 Å². The van der Waals surface area contributed by atoms with E-state index in [-0.39, 0.29) is 5.91 Å². The molecule has 1 saturated carbocycles. The van der Waals surface area contributed by atoms with Gasteiger partial charge in [-0.05, 0) is 44.6 Å². The van der Waals surface area contributed by atoms with Gasteiger partial charge in [0.05, 0.1) is 5.56 Å². The molecule has 4 heteroatoms. The van der Waals surface area contributed by atoms with Crippen molar-refractivity contribution in [2.75, 3.05) is 18.6 Å². The van der Waals surface area contributed by atoms with Crippen LogP contribution in [-0.4, -0.2) is 30.5 Å². The fourth-order valence-electron chi connectivity index (χ4n) is 2.82. The third-order valence-corrected chi connectivity index (χ3v) is 5.08. The summed E-state index contributed by atoms with van der Waals surface area (Å²) in [6, 6.07) is 6.26. The summed E-state index contributed by atoms with van der Waals surface area (Å²) in [5.41, 5.74) is 2.75. The van der Waals surface area contributed by atoms with Gasteiger partial charge in [0.25, 0.3) is 5.91 Å². The number of rotatable bonds is 4. The highest BCUT2D eigenvalue weighted by Crippen LogP contribution is 2.27. The third-order valence-electron chi connectivity index (χ3n) is 3.98. The van der Waals surface area contributed by atoms with Crippen molar-refractivity contribution in [2.24, 2.45) is 0 Å². The van der Waals surface area contributed by atoms with Gasteiger partial charge in [-0.25, -0.2) is 0 Å². The molecule has 1 aromatic carbocycles. The molecule has 1 aromatic rings. The molecule has 110 valence electrons. The molecule has 1 aliphatic carbocycles. The Morgan fingerprint density at radius 2 is 2.15 bits per heavy atom. The zero-order valence-corrected chi connectivity index (χ0v) is 13.3. The molecule has 3 nitrogen and oxygen atoms in total. The van der Waals surface area contributed by atoms with Gasteiger partial charge in [0.15, 0.2) is 0 Å². The maximum absolute atomic E-state index is 12.5. The average Bonchev–Trinajstić information content (AvgIpc) is 2.47. The lowest BCUT2D eigenvalue weighted by atomic mass is 9.94. The number of nitrogens with one attached hydrogen (secondary N) is 2. The molecule has 1 amide bonds. The fraction of sp³-hybridized carbons (Fsp3) is 0.562. The van der Waals surface area contributed by atoms with Crippen molar-refractivity contribution < 1.29 is 4.79 Å². The molecule has 2 N–H and O–H groups in total. The summed E-state index contributed by atoms with van der Waals surface area (Å²) in [6.45, 7) is 2.01. The van der Waals surface area contributed by atoms with Crippen molar-refractivity contribution in [3.05, 3.63) is 29.3 Å². The average molecular weight is 292 g/mol. The summed E-state index contributed by atoms with van der Waals surface area (Å²) < 4.78 is 0. The maximum Gasteiger partial charge on any atom is 0.253 e. The van der Waals surface area contributed by atoms with E-state index in [1.807, 2.05) is 43.9 Å². The molecule has 0 bridgehead atoms. The number of hydrogen-bond acceptors (Lipinski definition) is 3. The number of carbonyl (C=O) groups excluding carboxylic acids is 1. The first-order chi connectivity index (χ1) is 9.63. The molecule has 0 aliphatic heterocycles. The Balaban J connectivity index is 2.06. The van der Waals surface area contributed by atoms with Gasteiger partial charge in [0.2, 0.25) is 0 Å². The van der Waals surface area contributed by atoms with E-state index >= 15 is 0 Å². The lowest BCUT2D eigenvalue weighted by Gasteiger charge is -2.29. The minimum Gasteiger partial charge on any atom is -0.387 e. The highest BCUT2D eigenvalue weighted by Gasteiger charge is 2.23. The predicted octanol–water partition coefficient (Wildman–Crippen LogP) is 3.44. The van der Waals surface area contributed by atoms with Crippen molar-refractivity contribution in [3.63, 3.8) is 0 Å². The van der Waals surface area contributed by atoms with E-state index in [9.17, 15) is 4.79 Å². The number of aryl methyl sites for hydroxylation is 1. The Labute approximate surface area is 125 Å². The first-order valence-electron chi connectivity index (χ1n) is 7.26. The zero-order chi connectivity index (χ0) is 14.5. The topological polar surface area (TPSA) is 41.1 Å². The Morgan fingerprint density at radius 3 is 2.85 bits per heavy atom. The highest BCUT2D eigenvalue weighted by molar-refractivity contribution is 7.99. The van der Waals surface area contributed by atoms with Crippen LogP contribution < -0.4 is 10.6 Å². The second-order valence-electron chi connectivity index (χ2n) is 5.49. The predicted molar refractivity (Wildman–Crippen MR) is 87.8 cm³/mol. The molecule has 1 fully saturated rings. The van der Waals surface area contributed by atoms with Crippen molar-refractivity contribution in [3.8, 4) is 0 Å². The molecule has 0 aromatic heterocycles. The molecule has 2 rings (SSSR count). The number of hydrogen-bond donors (Lipinski definition) is 2. The van der Waals surface area contributed by atoms with Crippen molar-refractivity contribution in [1.82, 2.24) is 5.32 Å². The van der Waals surface area contributed by atoms with Crippen LogP contribution in [0, 0.1) is 6.92 Å². The summed E-state index contributed by atoms with van der Waals surface area (Å²) in [6.07, 6.45) is 6.84. The van der Waals surface area contributed by atoms with Gasteiger partial charge in [-0.3, -0.25) is 4.79 Å². The Bertz CT molecular complexity index is 476. The van der Waals surface area contributed by atoms with Crippen LogP contribution in [0.5, 0.6) is 0 Å². The van der Waals surface area contributed by atoms with Gasteiger partial charge in [0, 0.05) is 24.0 Å². The molecule has 0 radical (unpaired) electrons. The first-order valence-corrected chi connectivity index (χ1v) is 8.55. The van der Waals surface area contributed by atoms with E-state index < -0.39 is 0 Å². The smallest absolute Gasteiger partial charge is 0.253 e. The van der Waals surface area contributed by atoms with Crippen LogP contribution in [0.4, 0.5) is 5.69 Å². The van der Waals surface area contributed by atoms with E-state index in [1.54, 1.807) is 0 Å². The van der Waals surface area contributed by atoms with Gasteiger partial charge >= 0.3 is 0 Å². The Morgan fingerprint density at radius 1 is 1.35 bits per heavy atom. The largest absolute Gasteiger partial charge is 0.387 e. The van der Waals surface area contributed by atoms with Crippen molar-refractivity contribution in [2.45, 2.75) is 43.9 Å². The number of benzene rings is 1. The lowest BCUT2D eigenvalue weighted by Crippen LogP contribution is -2.39. The van der Waals surface area contributed by atoms with Crippen molar-refractivity contribution >= 4 is 23.4 Å². The third kappa shape index (κ3) is 3.69. The summed E-state index contributed by atoms with van der Waals surface area (Å²) in [5, 5.41) is 7.00. The highest BCUT2D eigenvalue weighted by atomic mass is 32.2. The number of anilines is 1. The molecule has 2 unspecified atom stereocenters. The van der Waals surface area contributed by atoms with Gasteiger partial charge in [0.1, 0.15) is 0 Å². The standard InChI is InChI=1S/C16H24N2OS/c1-11-7-8-15(17-2)14(9-11)16(19)18-12-5-4-6-13(10-12)20-3/h7-9,12-13,17H,4-6,10H2,1-3H3,(H,18,19). The maximum atomic E-state index is 12.5. The van der Waals surface area contributed by atoms with E-state index in [1.165, 1.54) is 12.8 Å². The summed E-state index contributed by atoms with van der Waals surface area (Å²) in [5.74, 6) is 0.0461. The normalized spacial score (nSPS) is 22.4. The minimum absolute atomic E-state index is 0.0461. The minimum atomic E-state index is 0.0461. The van der Waals surface area contributed by atoms with E-state index in [0.29, 0.717) is 11.3 Å². The summed E-state index contributed by atoms with van der Waals surface area (Å²) >= 11 is 1.92. The fourth-order valence-corrected chi connectivity index (χ4v) is 3.64. The molecular formula is C16H24N2OS. The molecule has 0 heterocycles. The quantitative estimate of drug-likeness (QED) is 0.893. The number of thioether (sulfide) groups is 1. The second kappa shape index (κ2) is 7.02. The van der Waals surface area contributed by atoms with Gasteiger partial charge in [-0.2, -0.15) is 11.8 Å². The van der Waals surface area contributed by atoms with Crippen LogP contribution in [0.1, 0.15) is 41.6 Å². The molecule has 1 aliphatic rings. The molecule has 2 atom stereocenters. The molecule has 0 saturated heterocycles. The number of carbonyl (C=O) groups is 1. The lowest BCUT2D eigenvalue weighted by molar-refractivity contribution is 0.0929. The number of amides is 1. The SMILES string of the molecule is CNc1ccc(C)cc1C(=O)NC1CCCC(SC)C1. The van der Waals surface area contributed by atoms with Crippen LogP contribution in [0.15, 0.2) is 18.2 Å². The van der Waals surface area contributed by atoms with Crippen molar-refractivity contribution in [1.29, 1.82) is 0 Å². The van der Waals surface area contributed by atoms with E-state index in [4.69, 9.17) is 0 Å². The Kier molecular flexibility index (Phi) is 5.35. The van der Waals surface area contributed by atoms with Crippen LogP contribution in [0.25, 0.3) is 0 Å². The molecule has 0 spiro atoms. The summed E-state index contributed by atoms with van der Waals surface area (Å²) in [4.78, 5) is 12.5. The van der Waals surface area contributed by atoms with Gasteiger partial charge < -0.3 is 10.6 Å². The molecular weight excluding hydrogens is 268 g/mol. The van der Waals surface area contributed by atoms with Gasteiger partial charge in [-0.15, -0.1) is 0 Å². The first kappa shape index (κ1) is 15.2. The van der Waals surface area contributed by atoms with Crippen LogP contribution >= 0.6 is 11.8 Å². The Hall–Kier alpha value is -1.16. The zero-order valence-electron chi connectivity index (χ0n) is 12.5. The second-order valence-corrected chi connectivity index (χ2v) is 6.63.